The molecule has 20 heavy (non-hydrogen) atoms. The van der Waals surface area contributed by atoms with E-state index < -0.39 is 0 Å². The first-order valence-corrected chi connectivity index (χ1v) is 7.40. The zero-order valence-corrected chi connectivity index (χ0v) is 12.1. The summed E-state index contributed by atoms with van der Waals surface area (Å²) in [7, 11) is 0. The van der Waals surface area contributed by atoms with Crippen LogP contribution in [0.4, 0.5) is 5.82 Å². The lowest BCUT2D eigenvalue weighted by Gasteiger charge is -2.16. The number of amides is 1. The Labute approximate surface area is 122 Å². The second-order valence-electron chi connectivity index (χ2n) is 4.38. The van der Waals surface area contributed by atoms with Crippen LogP contribution < -0.4 is 16.6 Å². The zero-order chi connectivity index (χ0) is 14.4. The monoisotopic (exact) mass is 290 g/mol. The highest BCUT2D eigenvalue weighted by atomic mass is 32.1. The van der Waals surface area contributed by atoms with Crippen LogP contribution in [0.15, 0.2) is 35.7 Å². The topological polar surface area (TPSA) is 80.0 Å². The van der Waals surface area contributed by atoms with Crippen molar-refractivity contribution in [3.63, 3.8) is 0 Å². The van der Waals surface area contributed by atoms with E-state index in [0.29, 0.717) is 11.5 Å². The van der Waals surface area contributed by atoms with Crippen LogP contribution in [0.3, 0.4) is 0 Å². The molecule has 1 amide bonds. The van der Waals surface area contributed by atoms with Gasteiger partial charge in [-0.2, -0.15) is 0 Å². The van der Waals surface area contributed by atoms with Crippen molar-refractivity contribution in [3.8, 4) is 0 Å². The number of nitrogens with one attached hydrogen (secondary N) is 2. The molecule has 5 nitrogen and oxygen atoms in total. The van der Waals surface area contributed by atoms with Crippen LogP contribution in [0.2, 0.25) is 0 Å². The molecule has 2 heterocycles. The number of aromatic nitrogens is 1. The number of carbonyl (C=O) groups excluding carboxylic acids is 1. The molecule has 2 aromatic heterocycles. The highest BCUT2D eigenvalue weighted by molar-refractivity contribution is 7.10. The van der Waals surface area contributed by atoms with Crippen LogP contribution in [0.1, 0.15) is 41.2 Å². The summed E-state index contributed by atoms with van der Waals surface area (Å²) in [4.78, 5) is 17.6. The Bertz CT molecular complexity index is 556. The Morgan fingerprint density at radius 3 is 2.90 bits per heavy atom. The van der Waals surface area contributed by atoms with Gasteiger partial charge in [0.1, 0.15) is 11.5 Å². The van der Waals surface area contributed by atoms with Crippen LogP contribution in [-0.2, 0) is 0 Å². The SMILES string of the molecule is CCCC(NC(=O)c1cccc(NN)n1)c1cccs1. The number of rotatable bonds is 6. The van der Waals surface area contributed by atoms with Gasteiger partial charge in [-0.25, -0.2) is 10.8 Å². The lowest BCUT2D eigenvalue weighted by atomic mass is 10.1. The molecule has 0 spiro atoms. The Hall–Kier alpha value is -1.92. The van der Waals surface area contributed by atoms with E-state index in [-0.39, 0.29) is 11.9 Å². The Kier molecular flexibility index (Phi) is 5.09. The number of anilines is 1. The number of nitrogens with zero attached hydrogens (tertiary/aromatic N) is 1. The smallest absolute Gasteiger partial charge is 0.270 e. The number of carbonyl (C=O) groups is 1. The highest BCUT2D eigenvalue weighted by Gasteiger charge is 2.16. The van der Waals surface area contributed by atoms with E-state index in [9.17, 15) is 4.79 Å². The molecule has 0 fully saturated rings. The van der Waals surface area contributed by atoms with Gasteiger partial charge in [-0.15, -0.1) is 11.3 Å². The van der Waals surface area contributed by atoms with Gasteiger partial charge in [-0.05, 0) is 30.0 Å². The summed E-state index contributed by atoms with van der Waals surface area (Å²) in [6, 6.07) is 9.19. The first kappa shape index (κ1) is 14.5. The number of hydrogen-bond donors (Lipinski definition) is 3. The largest absolute Gasteiger partial charge is 0.343 e. The fourth-order valence-corrected chi connectivity index (χ4v) is 2.75. The van der Waals surface area contributed by atoms with Crippen LogP contribution in [0.25, 0.3) is 0 Å². The van der Waals surface area contributed by atoms with Crippen LogP contribution in [-0.4, -0.2) is 10.9 Å². The van der Waals surface area contributed by atoms with Gasteiger partial charge in [0.25, 0.3) is 5.91 Å². The maximum Gasteiger partial charge on any atom is 0.270 e. The molecule has 0 aliphatic rings. The third kappa shape index (κ3) is 3.55. The number of pyridine rings is 1. The molecule has 0 aliphatic heterocycles. The highest BCUT2D eigenvalue weighted by Crippen LogP contribution is 2.23. The molecule has 4 N–H and O–H groups in total. The molecule has 6 heteroatoms. The molecular weight excluding hydrogens is 272 g/mol. The zero-order valence-electron chi connectivity index (χ0n) is 11.3. The summed E-state index contributed by atoms with van der Waals surface area (Å²) in [6.07, 6.45) is 1.90. The summed E-state index contributed by atoms with van der Waals surface area (Å²) in [5, 5.41) is 5.04. The van der Waals surface area contributed by atoms with E-state index in [1.807, 2.05) is 17.5 Å². The molecule has 0 radical (unpaired) electrons. The van der Waals surface area contributed by atoms with Gasteiger partial charge in [-0.3, -0.25) is 4.79 Å². The molecule has 2 aromatic rings. The predicted molar refractivity (Wildman–Crippen MR) is 81.5 cm³/mol. The minimum absolute atomic E-state index is 0.0313. The first-order valence-electron chi connectivity index (χ1n) is 6.52. The van der Waals surface area contributed by atoms with Crippen molar-refractivity contribution in [2.24, 2.45) is 5.84 Å². The average Bonchev–Trinajstić information content (AvgIpc) is 3.01. The Balaban J connectivity index is 2.11. The lowest BCUT2D eigenvalue weighted by Crippen LogP contribution is -2.29. The standard InChI is InChI=1S/C14H18N4OS/c1-2-5-10(12-7-4-9-20-12)17-14(19)11-6-3-8-13(16-11)18-15/h3-4,6-10H,2,5,15H2,1H3,(H,16,18)(H,17,19). The van der Waals surface area contributed by atoms with E-state index in [1.165, 1.54) is 0 Å². The van der Waals surface area contributed by atoms with Crippen molar-refractivity contribution in [1.29, 1.82) is 0 Å². The van der Waals surface area contributed by atoms with Crippen LogP contribution in [0, 0.1) is 0 Å². The van der Waals surface area contributed by atoms with Crippen LogP contribution in [0.5, 0.6) is 0 Å². The third-order valence-corrected chi connectivity index (χ3v) is 3.88. The summed E-state index contributed by atoms with van der Waals surface area (Å²) >= 11 is 1.65. The molecule has 1 unspecified atom stereocenters. The molecule has 2 rings (SSSR count). The number of nitrogens with two attached hydrogens (primary N) is 1. The van der Waals surface area contributed by atoms with E-state index in [2.05, 4.69) is 22.7 Å². The van der Waals surface area contributed by atoms with Crippen molar-refractivity contribution in [2.45, 2.75) is 25.8 Å². The maximum atomic E-state index is 12.3. The van der Waals surface area contributed by atoms with Crippen molar-refractivity contribution >= 4 is 23.1 Å². The molecule has 0 bridgehead atoms. The minimum atomic E-state index is -0.186. The Morgan fingerprint density at radius 1 is 1.40 bits per heavy atom. The van der Waals surface area contributed by atoms with Gasteiger partial charge in [0.2, 0.25) is 0 Å². The van der Waals surface area contributed by atoms with Gasteiger partial charge in [-0.1, -0.05) is 25.5 Å². The normalized spacial score (nSPS) is 11.9. The summed E-state index contributed by atoms with van der Waals surface area (Å²) in [5.41, 5.74) is 2.80. The Morgan fingerprint density at radius 2 is 2.25 bits per heavy atom. The molecule has 0 aromatic carbocycles. The minimum Gasteiger partial charge on any atom is -0.343 e. The van der Waals surface area contributed by atoms with Crippen molar-refractivity contribution < 1.29 is 4.79 Å². The van der Waals surface area contributed by atoms with Crippen molar-refractivity contribution in [2.75, 3.05) is 5.43 Å². The van der Waals surface area contributed by atoms with E-state index >= 15 is 0 Å². The third-order valence-electron chi connectivity index (χ3n) is 2.90. The van der Waals surface area contributed by atoms with Gasteiger partial charge in [0.15, 0.2) is 0 Å². The van der Waals surface area contributed by atoms with E-state index in [1.54, 1.807) is 29.5 Å². The summed E-state index contributed by atoms with van der Waals surface area (Å²) in [5.74, 6) is 5.59. The predicted octanol–water partition coefficient (Wildman–Crippen LogP) is 2.70. The van der Waals surface area contributed by atoms with Crippen LogP contribution >= 0.6 is 11.3 Å². The summed E-state index contributed by atoms with van der Waals surface area (Å²) in [6.45, 7) is 2.10. The molecule has 106 valence electrons. The van der Waals surface area contributed by atoms with Crippen molar-refractivity contribution in [3.05, 3.63) is 46.3 Å². The van der Waals surface area contributed by atoms with E-state index in [0.717, 1.165) is 17.7 Å². The van der Waals surface area contributed by atoms with Gasteiger partial charge in [0, 0.05) is 4.88 Å². The second-order valence-corrected chi connectivity index (χ2v) is 5.36. The maximum absolute atomic E-state index is 12.3. The number of hydrogen-bond acceptors (Lipinski definition) is 5. The first-order chi connectivity index (χ1) is 9.74. The lowest BCUT2D eigenvalue weighted by molar-refractivity contribution is 0.0930. The van der Waals surface area contributed by atoms with Gasteiger partial charge in [0.05, 0.1) is 6.04 Å². The number of nitrogen functional groups attached to an aromatic ring is 1. The van der Waals surface area contributed by atoms with Gasteiger partial charge < -0.3 is 10.7 Å². The summed E-state index contributed by atoms with van der Waals surface area (Å²) < 4.78 is 0. The van der Waals surface area contributed by atoms with E-state index in [4.69, 9.17) is 5.84 Å². The number of hydrazine groups is 1. The van der Waals surface area contributed by atoms with Crippen molar-refractivity contribution in [1.82, 2.24) is 10.3 Å². The fourth-order valence-electron chi connectivity index (χ4n) is 1.94. The molecule has 0 saturated carbocycles. The molecular formula is C14H18N4OS. The second kappa shape index (κ2) is 7.02. The number of thiophene rings is 1. The quantitative estimate of drug-likeness (QED) is 0.564. The average molecular weight is 290 g/mol. The molecule has 1 atom stereocenters. The molecule has 0 aliphatic carbocycles. The molecule has 0 saturated heterocycles. The van der Waals surface area contributed by atoms with Gasteiger partial charge >= 0.3 is 0 Å². The fraction of sp³-hybridized carbons (Fsp3) is 0.286.